The number of aromatic nitrogens is 2. The van der Waals surface area contributed by atoms with Crippen LogP contribution >= 0.6 is 11.6 Å². The first-order valence-electron chi connectivity index (χ1n) is 8.76. The highest BCUT2D eigenvalue weighted by Crippen LogP contribution is 2.25. The Labute approximate surface area is 167 Å². The Kier molecular flexibility index (Phi) is 4.91. The average molecular weight is 389 g/mol. The molecule has 4 aromatic rings. The lowest BCUT2D eigenvalue weighted by atomic mass is 10.2. The van der Waals surface area contributed by atoms with Gasteiger partial charge in [-0.15, -0.1) is 0 Å². The summed E-state index contributed by atoms with van der Waals surface area (Å²) in [4.78, 5) is 21.6. The minimum absolute atomic E-state index is 0.0776. The maximum absolute atomic E-state index is 12.7. The molecule has 0 aliphatic heterocycles. The zero-order valence-corrected chi connectivity index (χ0v) is 15.9. The van der Waals surface area contributed by atoms with Crippen LogP contribution in [0, 0.1) is 6.92 Å². The van der Waals surface area contributed by atoms with Gasteiger partial charge in [-0.05, 0) is 55.0 Å². The van der Waals surface area contributed by atoms with Crippen LogP contribution in [0.3, 0.4) is 0 Å². The van der Waals surface area contributed by atoms with Crippen molar-refractivity contribution in [3.8, 4) is 0 Å². The maximum atomic E-state index is 12.7. The lowest BCUT2D eigenvalue weighted by molar-refractivity contribution is 0.101. The highest BCUT2D eigenvalue weighted by Gasteiger charge is 2.15. The Bertz CT molecular complexity index is 1180. The molecule has 138 valence electrons. The van der Waals surface area contributed by atoms with Crippen molar-refractivity contribution in [2.45, 2.75) is 6.92 Å². The molecule has 0 atom stereocenters. The monoisotopic (exact) mass is 388 g/mol. The Morgan fingerprint density at radius 1 is 0.893 bits per heavy atom. The highest BCUT2D eigenvalue weighted by atomic mass is 35.5. The number of rotatable bonds is 4. The van der Waals surface area contributed by atoms with Crippen molar-refractivity contribution in [3.63, 3.8) is 0 Å². The second-order valence-corrected chi connectivity index (χ2v) is 6.81. The van der Waals surface area contributed by atoms with Gasteiger partial charge in [0, 0.05) is 21.8 Å². The van der Waals surface area contributed by atoms with Gasteiger partial charge >= 0.3 is 0 Å². The van der Waals surface area contributed by atoms with E-state index in [-0.39, 0.29) is 5.82 Å². The van der Waals surface area contributed by atoms with Gasteiger partial charge in [-0.3, -0.25) is 4.79 Å². The number of carbonyl (C=O) groups excluding carboxylic acids is 1. The van der Waals surface area contributed by atoms with Gasteiger partial charge in [0.15, 0.2) is 0 Å². The molecule has 1 amide bonds. The molecule has 0 radical (unpaired) electrons. The van der Waals surface area contributed by atoms with Crippen LogP contribution in [-0.4, -0.2) is 15.9 Å². The molecule has 0 saturated carbocycles. The van der Waals surface area contributed by atoms with Gasteiger partial charge in [-0.2, -0.15) is 0 Å². The molecule has 0 unspecified atom stereocenters. The van der Waals surface area contributed by atoms with Crippen molar-refractivity contribution < 1.29 is 4.79 Å². The number of amides is 1. The van der Waals surface area contributed by atoms with E-state index in [2.05, 4.69) is 20.6 Å². The van der Waals surface area contributed by atoms with Crippen LogP contribution in [0.1, 0.15) is 16.2 Å². The second-order valence-electron chi connectivity index (χ2n) is 6.37. The molecule has 0 spiro atoms. The number of aryl methyl sites for hydroxylation is 1. The fourth-order valence-corrected chi connectivity index (χ4v) is 3.08. The molecule has 3 aromatic carbocycles. The Hall–Kier alpha value is -3.44. The van der Waals surface area contributed by atoms with Crippen LogP contribution in [0.4, 0.5) is 17.2 Å². The molecule has 0 bridgehead atoms. The molecule has 0 fully saturated rings. The third kappa shape index (κ3) is 3.94. The summed E-state index contributed by atoms with van der Waals surface area (Å²) in [6.07, 6.45) is 0. The first kappa shape index (κ1) is 17.9. The zero-order chi connectivity index (χ0) is 19.5. The molecule has 2 N–H and O–H groups in total. The maximum Gasteiger partial charge on any atom is 0.293 e. The van der Waals surface area contributed by atoms with Crippen LogP contribution in [0.25, 0.3) is 10.9 Å². The summed E-state index contributed by atoms with van der Waals surface area (Å²) >= 11 is 5.99. The van der Waals surface area contributed by atoms with E-state index >= 15 is 0 Å². The van der Waals surface area contributed by atoms with E-state index in [1.807, 2.05) is 55.5 Å². The quantitative estimate of drug-likeness (QED) is 0.478. The third-order valence-electron chi connectivity index (χ3n) is 4.17. The van der Waals surface area contributed by atoms with Crippen LogP contribution in [0.5, 0.6) is 0 Å². The molecular formula is C22H17ClN4O. The zero-order valence-electron chi connectivity index (χ0n) is 15.1. The lowest BCUT2D eigenvalue weighted by Gasteiger charge is -2.11. The normalized spacial score (nSPS) is 10.6. The van der Waals surface area contributed by atoms with E-state index in [0.29, 0.717) is 22.0 Å². The summed E-state index contributed by atoms with van der Waals surface area (Å²) in [6.45, 7) is 2.02. The summed E-state index contributed by atoms with van der Waals surface area (Å²) in [6, 6.07) is 22.5. The second kappa shape index (κ2) is 7.66. The number of carbonyl (C=O) groups is 1. The predicted molar refractivity (Wildman–Crippen MR) is 113 cm³/mol. The number of para-hydroxylation sites is 1. The first-order valence-corrected chi connectivity index (χ1v) is 9.14. The van der Waals surface area contributed by atoms with E-state index in [0.717, 1.165) is 16.6 Å². The van der Waals surface area contributed by atoms with Crippen LogP contribution in [0.15, 0.2) is 72.8 Å². The topological polar surface area (TPSA) is 66.9 Å². The van der Waals surface area contributed by atoms with Crippen LogP contribution < -0.4 is 10.6 Å². The van der Waals surface area contributed by atoms with Crippen molar-refractivity contribution >= 4 is 45.6 Å². The number of fused-ring (bicyclic) bond motifs is 1. The summed E-state index contributed by atoms with van der Waals surface area (Å²) in [7, 11) is 0. The summed E-state index contributed by atoms with van der Waals surface area (Å²) in [5.41, 5.74) is 3.29. The van der Waals surface area contributed by atoms with Gasteiger partial charge < -0.3 is 10.6 Å². The van der Waals surface area contributed by atoms with E-state index < -0.39 is 5.91 Å². The molecule has 0 aliphatic rings. The van der Waals surface area contributed by atoms with Gasteiger partial charge in [0.05, 0.1) is 5.52 Å². The number of nitrogens with one attached hydrogen (secondary N) is 2. The largest absolute Gasteiger partial charge is 0.340 e. The summed E-state index contributed by atoms with van der Waals surface area (Å²) < 4.78 is 0. The molecule has 4 rings (SSSR count). The lowest BCUT2D eigenvalue weighted by Crippen LogP contribution is -2.16. The van der Waals surface area contributed by atoms with Crippen molar-refractivity contribution in [1.29, 1.82) is 0 Å². The van der Waals surface area contributed by atoms with E-state index in [4.69, 9.17) is 11.6 Å². The molecule has 0 saturated heterocycles. The van der Waals surface area contributed by atoms with Crippen LogP contribution in [-0.2, 0) is 0 Å². The molecule has 1 aromatic heterocycles. The van der Waals surface area contributed by atoms with Gasteiger partial charge in [-0.1, -0.05) is 41.9 Å². The SMILES string of the molecule is Cc1cccc(Nc2nc(C(=O)Nc3cccc(Cl)c3)nc3ccccc23)c1. The Balaban J connectivity index is 1.72. The number of hydrogen-bond donors (Lipinski definition) is 2. The molecule has 5 nitrogen and oxygen atoms in total. The van der Waals surface area contributed by atoms with Gasteiger partial charge in [0.25, 0.3) is 5.91 Å². The number of nitrogens with zero attached hydrogens (tertiary/aromatic N) is 2. The minimum atomic E-state index is -0.402. The summed E-state index contributed by atoms with van der Waals surface area (Å²) in [5.74, 6) is 0.251. The van der Waals surface area contributed by atoms with Crippen molar-refractivity contribution in [3.05, 3.63) is 89.2 Å². The minimum Gasteiger partial charge on any atom is -0.340 e. The van der Waals surface area contributed by atoms with Gasteiger partial charge in [0.1, 0.15) is 5.82 Å². The molecular weight excluding hydrogens is 372 g/mol. The number of hydrogen-bond acceptors (Lipinski definition) is 4. The fourth-order valence-electron chi connectivity index (χ4n) is 2.89. The third-order valence-corrected chi connectivity index (χ3v) is 4.40. The van der Waals surface area contributed by atoms with Crippen LogP contribution in [0.2, 0.25) is 5.02 Å². The van der Waals surface area contributed by atoms with Gasteiger partial charge in [0.2, 0.25) is 5.82 Å². The van der Waals surface area contributed by atoms with E-state index in [9.17, 15) is 4.79 Å². The number of halogens is 1. The van der Waals surface area contributed by atoms with Crippen molar-refractivity contribution in [2.75, 3.05) is 10.6 Å². The fraction of sp³-hybridized carbons (Fsp3) is 0.0455. The molecule has 6 heteroatoms. The van der Waals surface area contributed by atoms with Gasteiger partial charge in [-0.25, -0.2) is 9.97 Å². The number of benzene rings is 3. The highest BCUT2D eigenvalue weighted by molar-refractivity contribution is 6.30. The van der Waals surface area contributed by atoms with Crippen molar-refractivity contribution in [1.82, 2.24) is 9.97 Å². The molecule has 28 heavy (non-hydrogen) atoms. The number of anilines is 3. The Morgan fingerprint density at radius 3 is 2.50 bits per heavy atom. The Morgan fingerprint density at radius 2 is 1.68 bits per heavy atom. The summed E-state index contributed by atoms with van der Waals surface area (Å²) in [5, 5.41) is 7.47. The smallest absolute Gasteiger partial charge is 0.293 e. The molecule has 0 aliphatic carbocycles. The van der Waals surface area contributed by atoms with E-state index in [1.54, 1.807) is 24.3 Å². The average Bonchev–Trinajstić information content (AvgIpc) is 2.68. The van der Waals surface area contributed by atoms with E-state index in [1.165, 1.54) is 0 Å². The van der Waals surface area contributed by atoms with Crippen molar-refractivity contribution in [2.24, 2.45) is 0 Å². The standard InChI is InChI=1S/C22H17ClN4O/c1-14-6-4-8-16(12-14)24-20-18-10-2-3-11-19(18)26-21(27-20)22(28)25-17-9-5-7-15(23)13-17/h2-13H,1H3,(H,25,28)(H,24,26,27). The predicted octanol–water partition coefficient (Wildman–Crippen LogP) is 5.59. The molecule has 1 heterocycles. The first-order chi connectivity index (χ1) is 13.6.